The fourth-order valence-corrected chi connectivity index (χ4v) is 1.43. The Kier molecular flexibility index (Phi) is 4.70. The Morgan fingerprint density at radius 3 is 2.41 bits per heavy atom. The molecule has 0 fully saturated rings. The van der Waals surface area contributed by atoms with Gasteiger partial charge in [-0.15, -0.1) is 0 Å². The average molecular weight is 235 g/mol. The van der Waals surface area contributed by atoms with Gasteiger partial charge in [0.05, 0.1) is 12.6 Å². The van der Waals surface area contributed by atoms with Crippen LogP contribution in [0.5, 0.6) is 0 Å². The summed E-state index contributed by atoms with van der Waals surface area (Å²) in [5, 5.41) is 12.2. The van der Waals surface area contributed by atoms with Crippen LogP contribution in [0, 0.1) is 5.41 Å². The molecule has 2 N–H and O–H groups in total. The molecule has 17 heavy (non-hydrogen) atoms. The minimum Gasteiger partial charge on any atom is -0.394 e. The van der Waals surface area contributed by atoms with Crippen molar-refractivity contribution in [2.75, 3.05) is 6.61 Å². The van der Waals surface area contributed by atoms with Crippen LogP contribution >= 0.6 is 0 Å². The lowest BCUT2D eigenvalue weighted by atomic mass is 9.88. The summed E-state index contributed by atoms with van der Waals surface area (Å²) in [6, 6.07) is 9.19. The molecule has 1 unspecified atom stereocenters. The number of aliphatic hydroxyl groups is 1. The van der Waals surface area contributed by atoms with Gasteiger partial charge in [-0.2, -0.15) is 0 Å². The fraction of sp³-hybridized carbons (Fsp3) is 0.500. The fourth-order valence-electron chi connectivity index (χ4n) is 1.43. The van der Waals surface area contributed by atoms with Gasteiger partial charge in [0.1, 0.15) is 0 Å². The normalized spacial score (nSPS) is 13.2. The SMILES string of the molecule is CCC(C)(C)C(=O)NC(CO)c1ccccc1. The van der Waals surface area contributed by atoms with Gasteiger partial charge in [-0.05, 0) is 12.0 Å². The van der Waals surface area contributed by atoms with E-state index in [0.29, 0.717) is 0 Å². The van der Waals surface area contributed by atoms with Crippen molar-refractivity contribution in [3.8, 4) is 0 Å². The lowest BCUT2D eigenvalue weighted by molar-refractivity contribution is -0.130. The van der Waals surface area contributed by atoms with Gasteiger partial charge in [0.15, 0.2) is 0 Å². The van der Waals surface area contributed by atoms with E-state index in [1.165, 1.54) is 0 Å². The van der Waals surface area contributed by atoms with E-state index in [0.717, 1.165) is 12.0 Å². The first-order valence-corrected chi connectivity index (χ1v) is 5.98. The van der Waals surface area contributed by atoms with E-state index >= 15 is 0 Å². The third-order valence-corrected chi connectivity index (χ3v) is 3.19. The first kappa shape index (κ1) is 13.7. The molecule has 0 bridgehead atoms. The molecule has 1 aromatic carbocycles. The van der Waals surface area contributed by atoms with Crippen LogP contribution in [0.15, 0.2) is 30.3 Å². The number of carbonyl (C=O) groups is 1. The van der Waals surface area contributed by atoms with Crippen molar-refractivity contribution in [1.82, 2.24) is 5.32 Å². The van der Waals surface area contributed by atoms with Crippen LogP contribution < -0.4 is 5.32 Å². The summed E-state index contributed by atoms with van der Waals surface area (Å²) in [5.74, 6) is -0.0251. The second-order valence-electron chi connectivity index (χ2n) is 4.86. The molecule has 1 atom stereocenters. The van der Waals surface area contributed by atoms with Crippen LogP contribution in [-0.2, 0) is 4.79 Å². The van der Waals surface area contributed by atoms with E-state index in [2.05, 4.69) is 5.32 Å². The van der Waals surface area contributed by atoms with Gasteiger partial charge in [0.25, 0.3) is 0 Å². The Labute approximate surface area is 103 Å². The Bertz CT molecular complexity index is 360. The maximum atomic E-state index is 12.0. The summed E-state index contributed by atoms with van der Waals surface area (Å²) in [7, 11) is 0. The molecule has 0 aromatic heterocycles. The molecular formula is C14H21NO2. The number of hydrogen-bond donors (Lipinski definition) is 2. The predicted octanol–water partition coefficient (Wildman–Crippen LogP) is 2.27. The number of aliphatic hydroxyl groups excluding tert-OH is 1. The van der Waals surface area contributed by atoms with Gasteiger partial charge in [-0.25, -0.2) is 0 Å². The summed E-state index contributed by atoms with van der Waals surface area (Å²) in [5.41, 5.74) is 0.526. The maximum Gasteiger partial charge on any atom is 0.226 e. The molecule has 0 spiro atoms. The zero-order valence-corrected chi connectivity index (χ0v) is 10.7. The minimum absolute atomic E-state index is 0.0251. The Hall–Kier alpha value is -1.35. The van der Waals surface area contributed by atoms with E-state index in [4.69, 9.17) is 0 Å². The maximum absolute atomic E-state index is 12.0. The molecular weight excluding hydrogens is 214 g/mol. The number of rotatable bonds is 5. The van der Waals surface area contributed by atoms with Crippen LogP contribution in [0.3, 0.4) is 0 Å². The smallest absolute Gasteiger partial charge is 0.226 e. The number of hydrogen-bond acceptors (Lipinski definition) is 2. The minimum atomic E-state index is -0.401. The van der Waals surface area contributed by atoms with Crippen molar-refractivity contribution >= 4 is 5.91 Å². The van der Waals surface area contributed by atoms with Crippen LogP contribution in [-0.4, -0.2) is 17.6 Å². The lowest BCUT2D eigenvalue weighted by Crippen LogP contribution is -2.39. The van der Waals surface area contributed by atoms with Gasteiger partial charge in [-0.1, -0.05) is 51.1 Å². The monoisotopic (exact) mass is 235 g/mol. The van der Waals surface area contributed by atoms with Gasteiger partial charge in [0.2, 0.25) is 5.91 Å². The third-order valence-electron chi connectivity index (χ3n) is 3.19. The van der Waals surface area contributed by atoms with Gasteiger partial charge >= 0.3 is 0 Å². The molecule has 0 aliphatic heterocycles. The zero-order valence-electron chi connectivity index (χ0n) is 10.7. The van der Waals surface area contributed by atoms with E-state index in [1.807, 2.05) is 51.1 Å². The third kappa shape index (κ3) is 3.56. The second kappa shape index (κ2) is 5.82. The van der Waals surface area contributed by atoms with E-state index < -0.39 is 5.41 Å². The lowest BCUT2D eigenvalue weighted by Gasteiger charge is -2.25. The molecule has 1 aromatic rings. The standard InChI is InChI=1S/C14H21NO2/c1-4-14(2,3)13(17)15-12(10-16)11-8-6-5-7-9-11/h5-9,12,16H,4,10H2,1-3H3,(H,15,17). The highest BCUT2D eigenvalue weighted by atomic mass is 16.3. The second-order valence-corrected chi connectivity index (χ2v) is 4.86. The number of carbonyl (C=O) groups excluding carboxylic acids is 1. The van der Waals surface area contributed by atoms with Crippen molar-refractivity contribution < 1.29 is 9.90 Å². The van der Waals surface area contributed by atoms with E-state index in [1.54, 1.807) is 0 Å². The topological polar surface area (TPSA) is 49.3 Å². The van der Waals surface area contributed by atoms with Gasteiger partial charge in [-0.3, -0.25) is 4.79 Å². The van der Waals surface area contributed by atoms with Crippen molar-refractivity contribution in [2.45, 2.75) is 33.2 Å². The van der Waals surface area contributed by atoms with Crippen molar-refractivity contribution in [1.29, 1.82) is 0 Å². The molecule has 94 valence electrons. The molecule has 0 heterocycles. The molecule has 0 radical (unpaired) electrons. The molecule has 0 saturated heterocycles. The molecule has 0 aliphatic rings. The number of benzene rings is 1. The highest BCUT2D eigenvalue weighted by Gasteiger charge is 2.27. The molecule has 3 heteroatoms. The van der Waals surface area contributed by atoms with E-state index in [9.17, 15) is 9.90 Å². The first-order chi connectivity index (χ1) is 8.01. The van der Waals surface area contributed by atoms with Gasteiger partial charge < -0.3 is 10.4 Å². The van der Waals surface area contributed by atoms with Crippen LogP contribution in [0.25, 0.3) is 0 Å². The Morgan fingerprint density at radius 1 is 1.35 bits per heavy atom. The largest absolute Gasteiger partial charge is 0.394 e. The summed E-state index contributed by atoms with van der Waals surface area (Å²) in [6.07, 6.45) is 0.770. The Morgan fingerprint density at radius 2 is 1.94 bits per heavy atom. The van der Waals surface area contributed by atoms with Crippen LogP contribution in [0.1, 0.15) is 38.8 Å². The highest BCUT2D eigenvalue weighted by Crippen LogP contribution is 2.22. The highest BCUT2D eigenvalue weighted by molar-refractivity contribution is 5.82. The number of nitrogens with one attached hydrogen (secondary N) is 1. The predicted molar refractivity (Wildman–Crippen MR) is 68.5 cm³/mol. The van der Waals surface area contributed by atoms with Crippen molar-refractivity contribution in [2.24, 2.45) is 5.41 Å². The van der Waals surface area contributed by atoms with Gasteiger partial charge in [0, 0.05) is 5.41 Å². The summed E-state index contributed by atoms with van der Waals surface area (Å²) < 4.78 is 0. The average Bonchev–Trinajstić information content (AvgIpc) is 2.36. The quantitative estimate of drug-likeness (QED) is 0.822. The molecule has 1 rings (SSSR count). The molecule has 0 aliphatic carbocycles. The Balaban J connectivity index is 2.75. The van der Waals surface area contributed by atoms with Crippen molar-refractivity contribution in [3.63, 3.8) is 0 Å². The van der Waals surface area contributed by atoms with Crippen LogP contribution in [0.4, 0.5) is 0 Å². The number of amides is 1. The summed E-state index contributed by atoms with van der Waals surface area (Å²) in [4.78, 5) is 12.0. The summed E-state index contributed by atoms with van der Waals surface area (Å²) in [6.45, 7) is 5.70. The van der Waals surface area contributed by atoms with Crippen LogP contribution in [0.2, 0.25) is 0 Å². The molecule has 1 amide bonds. The van der Waals surface area contributed by atoms with Crippen molar-refractivity contribution in [3.05, 3.63) is 35.9 Å². The molecule has 3 nitrogen and oxygen atoms in total. The first-order valence-electron chi connectivity index (χ1n) is 5.98. The summed E-state index contributed by atoms with van der Waals surface area (Å²) >= 11 is 0. The van der Waals surface area contributed by atoms with E-state index in [-0.39, 0.29) is 18.6 Å². The zero-order chi connectivity index (χ0) is 12.9. The molecule has 0 saturated carbocycles.